The van der Waals surface area contributed by atoms with Crippen molar-refractivity contribution in [2.75, 3.05) is 5.75 Å². The minimum atomic E-state index is 0.158. The van der Waals surface area contributed by atoms with E-state index in [0.29, 0.717) is 18.8 Å². The Hall–Kier alpha value is -1.98. The Balaban J connectivity index is 1.57. The first-order valence-electron chi connectivity index (χ1n) is 7.74. The van der Waals surface area contributed by atoms with Crippen LogP contribution in [0.4, 0.5) is 0 Å². The molecule has 24 heavy (non-hydrogen) atoms. The lowest BCUT2D eigenvalue weighted by molar-refractivity contribution is -0.129. The second-order valence-corrected chi connectivity index (χ2v) is 7.46. The monoisotopic (exact) mass is 357 g/mol. The van der Waals surface area contributed by atoms with Crippen molar-refractivity contribution in [1.29, 1.82) is 0 Å². The summed E-state index contributed by atoms with van der Waals surface area (Å²) in [5, 5.41) is 2.04. The summed E-state index contributed by atoms with van der Waals surface area (Å²) in [5.74, 6) is 1.49. The first-order valence-corrected chi connectivity index (χ1v) is 9.77. The van der Waals surface area contributed by atoms with Crippen LogP contribution < -0.4 is 0 Å². The smallest absolute Gasteiger partial charge is 0.233 e. The van der Waals surface area contributed by atoms with Gasteiger partial charge in [-0.25, -0.2) is 0 Å². The lowest BCUT2D eigenvalue weighted by Gasteiger charge is -2.21. The van der Waals surface area contributed by atoms with Crippen molar-refractivity contribution in [2.24, 2.45) is 0 Å². The molecule has 3 nitrogen and oxygen atoms in total. The van der Waals surface area contributed by atoms with Crippen molar-refractivity contribution >= 4 is 29.0 Å². The van der Waals surface area contributed by atoms with Crippen LogP contribution in [0.25, 0.3) is 0 Å². The largest absolute Gasteiger partial charge is 0.472 e. The number of thioether (sulfide) groups is 1. The number of rotatable bonds is 8. The van der Waals surface area contributed by atoms with Crippen LogP contribution in [0.3, 0.4) is 0 Å². The van der Waals surface area contributed by atoms with Gasteiger partial charge >= 0.3 is 0 Å². The maximum absolute atomic E-state index is 12.7. The number of thiophene rings is 1. The number of carbonyl (C=O) groups excluding carboxylic acids is 1. The molecule has 0 aliphatic rings. The molecule has 0 aliphatic carbocycles. The highest BCUT2D eigenvalue weighted by atomic mass is 32.2. The van der Waals surface area contributed by atoms with Gasteiger partial charge in [0.25, 0.3) is 0 Å². The molecule has 0 radical (unpaired) electrons. The van der Waals surface area contributed by atoms with E-state index >= 15 is 0 Å². The zero-order chi connectivity index (χ0) is 16.6. The normalized spacial score (nSPS) is 10.7. The van der Waals surface area contributed by atoms with Crippen molar-refractivity contribution in [2.45, 2.75) is 18.8 Å². The molecule has 3 aromatic rings. The predicted octanol–water partition coefficient (Wildman–Crippen LogP) is 4.80. The van der Waals surface area contributed by atoms with E-state index in [9.17, 15) is 4.79 Å². The Morgan fingerprint density at radius 3 is 2.62 bits per heavy atom. The van der Waals surface area contributed by atoms with E-state index in [4.69, 9.17) is 4.42 Å². The first-order chi connectivity index (χ1) is 11.8. The van der Waals surface area contributed by atoms with Gasteiger partial charge in [-0.3, -0.25) is 4.79 Å². The highest BCUT2D eigenvalue weighted by Gasteiger charge is 2.15. The number of furan rings is 1. The van der Waals surface area contributed by atoms with Crippen LogP contribution in [0.1, 0.15) is 16.0 Å². The summed E-state index contributed by atoms with van der Waals surface area (Å²) in [6, 6.07) is 16.2. The fourth-order valence-electron chi connectivity index (χ4n) is 2.35. The zero-order valence-corrected chi connectivity index (χ0v) is 14.9. The van der Waals surface area contributed by atoms with E-state index < -0.39 is 0 Å². The van der Waals surface area contributed by atoms with Gasteiger partial charge in [0.2, 0.25) is 5.91 Å². The molecule has 2 heterocycles. The molecule has 2 aromatic heterocycles. The van der Waals surface area contributed by atoms with Gasteiger partial charge in [-0.1, -0.05) is 36.4 Å². The summed E-state index contributed by atoms with van der Waals surface area (Å²) in [6.45, 7) is 1.23. The fraction of sp³-hybridized carbons (Fsp3) is 0.211. The van der Waals surface area contributed by atoms with Crippen LogP contribution in [0.15, 0.2) is 70.9 Å². The molecule has 1 amide bonds. The second-order valence-electron chi connectivity index (χ2n) is 5.44. The molecule has 1 aromatic carbocycles. The van der Waals surface area contributed by atoms with E-state index in [2.05, 4.69) is 18.2 Å². The Kier molecular flexibility index (Phi) is 6.15. The molecule has 5 heteroatoms. The van der Waals surface area contributed by atoms with Crippen molar-refractivity contribution in [3.63, 3.8) is 0 Å². The van der Waals surface area contributed by atoms with Gasteiger partial charge in [0, 0.05) is 22.7 Å². The molecule has 0 bridgehead atoms. The Bertz CT molecular complexity index is 688. The zero-order valence-electron chi connectivity index (χ0n) is 13.3. The topological polar surface area (TPSA) is 33.5 Å². The quantitative estimate of drug-likeness (QED) is 0.580. The highest BCUT2D eigenvalue weighted by molar-refractivity contribution is 7.99. The summed E-state index contributed by atoms with van der Waals surface area (Å²) in [4.78, 5) is 15.8. The Morgan fingerprint density at radius 1 is 1.04 bits per heavy atom. The molecule has 0 N–H and O–H groups in total. The maximum atomic E-state index is 12.7. The van der Waals surface area contributed by atoms with Gasteiger partial charge in [-0.05, 0) is 23.1 Å². The SMILES string of the molecule is O=C(CSCc1ccccc1)N(Cc1ccoc1)Cc1cccs1. The molecule has 0 unspecified atom stereocenters. The second kappa shape index (κ2) is 8.76. The molecule has 0 atom stereocenters. The fourth-order valence-corrected chi connectivity index (χ4v) is 3.95. The van der Waals surface area contributed by atoms with Crippen molar-refractivity contribution < 1.29 is 9.21 Å². The summed E-state index contributed by atoms with van der Waals surface area (Å²) in [6.07, 6.45) is 3.35. The van der Waals surface area contributed by atoms with Gasteiger partial charge in [-0.2, -0.15) is 0 Å². The minimum absolute atomic E-state index is 0.158. The van der Waals surface area contributed by atoms with E-state index in [1.807, 2.05) is 40.6 Å². The molecule has 0 spiro atoms. The van der Waals surface area contributed by atoms with Crippen LogP contribution in [0.5, 0.6) is 0 Å². The number of benzene rings is 1. The van der Waals surface area contributed by atoms with Gasteiger partial charge < -0.3 is 9.32 Å². The van der Waals surface area contributed by atoms with E-state index in [0.717, 1.165) is 11.3 Å². The van der Waals surface area contributed by atoms with Gasteiger partial charge in [0.05, 0.1) is 24.8 Å². The van der Waals surface area contributed by atoms with E-state index in [1.165, 1.54) is 10.4 Å². The minimum Gasteiger partial charge on any atom is -0.472 e. The van der Waals surface area contributed by atoms with Crippen LogP contribution in [-0.2, 0) is 23.6 Å². The maximum Gasteiger partial charge on any atom is 0.233 e. The third kappa shape index (κ3) is 5.01. The first kappa shape index (κ1) is 16.9. The average Bonchev–Trinajstić information content (AvgIpc) is 3.29. The predicted molar refractivity (Wildman–Crippen MR) is 99.9 cm³/mol. The van der Waals surface area contributed by atoms with Crippen molar-refractivity contribution in [3.8, 4) is 0 Å². The third-order valence-corrected chi connectivity index (χ3v) is 5.42. The standard InChI is InChI=1S/C19H19NO2S2/c21-19(15-23-14-16-5-2-1-3-6-16)20(11-17-8-9-22-13-17)12-18-7-4-10-24-18/h1-10,13H,11-12,14-15H2. The number of carbonyl (C=O) groups is 1. The highest BCUT2D eigenvalue weighted by Crippen LogP contribution is 2.18. The van der Waals surface area contributed by atoms with E-state index in [1.54, 1.807) is 35.6 Å². The molecular formula is C19H19NO2S2. The number of nitrogens with zero attached hydrogens (tertiary/aromatic N) is 1. The van der Waals surface area contributed by atoms with Gasteiger partial charge in [-0.15, -0.1) is 23.1 Å². The number of hydrogen-bond donors (Lipinski definition) is 0. The lowest BCUT2D eigenvalue weighted by atomic mass is 10.2. The summed E-state index contributed by atoms with van der Waals surface area (Å²) < 4.78 is 5.13. The summed E-state index contributed by atoms with van der Waals surface area (Å²) >= 11 is 3.33. The molecular weight excluding hydrogens is 338 g/mol. The third-order valence-electron chi connectivity index (χ3n) is 3.57. The Morgan fingerprint density at radius 2 is 1.92 bits per heavy atom. The molecule has 0 fully saturated rings. The summed E-state index contributed by atoms with van der Waals surface area (Å²) in [7, 11) is 0. The van der Waals surface area contributed by atoms with Crippen LogP contribution in [-0.4, -0.2) is 16.6 Å². The van der Waals surface area contributed by atoms with Gasteiger partial charge in [0.1, 0.15) is 0 Å². The van der Waals surface area contributed by atoms with Crippen LogP contribution >= 0.6 is 23.1 Å². The summed E-state index contributed by atoms with van der Waals surface area (Å²) in [5.41, 5.74) is 2.27. The molecule has 0 aliphatic heterocycles. The van der Waals surface area contributed by atoms with Crippen molar-refractivity contribution in [3.05, 3.63) is 82.4 Å². The number of amides is 1. The van der Waals surface area contributed by atoms with Crippen molar-refractivity contribution in [1.82, 2.24) is 4.90 Å². The van der Waals surface area contributed by atoms with Crippen LogP contribution in [0.2, 0.25) is 0 Å². The number of hydrogen-bond acceptors (Lipinski definition) is 4. The van der Waals surface area contributed by atoms with Gasteiger partial charge in [0.15, 0.2) is 0 Å². The molecule has 124 valence electrons. The van der Waals surface area contributed by atoms with E-state index in [-0.39, 0.29) is 5.91 Å². The molecule has 0 saturated heterocycles. The molecule has 0 saturated carbocycles. The molecule has 3 rings (SSSR count). The lowest BCUT2D eigenvalue weighted by Crippen LogP contribution is -2.31. The average molecular weight is 358 g/mol. The Labute approximate surface area is 150 Å². The van der Waals surface area contributed by atoms with Crippen LogP contribution in [0, 0.1) is 0 Å².